The van der Waals surface area contributed by atoms with Gasteiger partial charge >= 0.3 is 5.97 Å². The summed E-state index contributed by atoms with van der Waals surface area (Å²) in [6.45, 7) is 0.0360. The average molecular weight is 407 g/mol. The number of carbonyl (C=O) groups excluding carboxylic acids is 3. The molecule has 30 heavy (non-hydrogen) atoms. The molecule has 152 valence electrons. The van der Waals surface area contributed by atoms with Gasteiger partial charge in [0.25, 0.3) is 5.91 Å². The molecule has 1 aliphatic heterocycles. The van der Waals surface area contributed by atoms with Crippen LogP contribution in [0.2, 0.25) is 0 Å². The van der Waals surface area contributed by atoms with Crippen LogP contribution in [-0.4, -0.2) is 34.8 Å². The number of hydrogen-bond acceptors (Lipinski definition) is 7. The molecule has 1 atom stereocenters. The first-order valence-corrected chi connectivity index (χ1v) is 9.04. The highest BCUT2D eigenvalue weighted by atomic mass is 16.5. The van der Waals surface area contributed by atoms with Gasteiger partial charge in [-0.05, 0) is 42.0 Å². The molecule has 0 saturated carbocycles. The SMILES string of the molecule is COC(=O)c1ccc([C@@H]2C(C(=O)c3ccco3)=C(O)C(=O)N2Cc2ccco2)cc1. The van der Waals surface area contributed by atoms with Crippen molar-refractivity contribution in [2.75, 3.05) is 7.11 Å². The molecule has 3 aromatic rings. The van der Waals surface area contributed by atoms with Crippen molar-refractivity contribution in [3.8, 4) is 0 Å². The zero-order chi connectivity index (χ0) is 21.3. The number of ether oxygens (including phenoxy) is 1. The summed E-state index contributed by atoms with van der Waals surface area (Å²) in [5.74, 6) is -1.98. The highest BCUT2D eigenvalue weighted by molar-refractivity contribution is 6.15. The highest BCUT2D eigenvalue weighted by Gasteiger charge is 2.44. The Bertz CT molecular complexity index is 1110. The second-order valence-electron chi connectivity index (χ2n) is 6.60. The second-order valence-corrected chi connectivity index (χ2v) is 6.60. The number of carbonyl (C=O) groups is 3. The summed E-state index contributed by atoms with van der Waals surface area (Å²) in [4.78, 5) is 38.9. The van der Waals surface area contributed by atoms with Crippen molar-refractivity contribution in [1.29, 1.82) is 0 Å². The average Bonchev–Trinajstić information content (AvgIpc) is 3.52. The minimum atomic E-state index is -0.896. The summed E-state index contributed by atoms with van der Waals surface area (Å²) in [5, 5.41) is 10.6. The number of rotatable bonds is 6. The zero-order valence-corrected chi connectivity index (χ0v) is 15.9. The molecule has 1 aliphatic rings. The monoisotopic (exact) mass is 407 g/mol. The largest absolute Gasteiger partial charge is 0.503 e. The van der Waals surface area contributed by atoms with Crippen LogP contribution in [0.15, 0.2) is 81.2 Å². The molecular formula is C22H17NO7. The fraction of sp³-hybridized carbons (Fsp3) is 0.136. The summed E-state index contributed by atoms with van der Waals surface area (Å²) in [6.07, 6.45) is 2.81. The lowest BCUT2D eigenvalue weighted by atomic mass is 9.94. The molecule has 8 nitrogen and oxygen atoms in total. The Morgan fingerprint density at radius 1 is 1.07 bits per heavy atom. The van der Waals surface area contributed by atoms with Crippen LogP contribution in [0.25, 0.3) is 0 Å². The van der Waals surface area contributed by atoms with Gasteiger partial charge in [-0.3, -0.25) is 9.59 Å². The number of aliphatic hydroxyl groups excluding tert-OH is 1. The third-order valence-electron chi connectivity index (χ3n) is 4.85. The van der Waals surface area contributed by atoms with Gasteiger partial charge in [0.15, 0.2) is 11.5 Å². The van der Waals surface area contributed by atoms with Gasteiger partial charge in [-0.2, -0.15) is 0 Å². The van der Waals surface area contributed by atoms with Crippen molar-refractivity contribution in [3.05, 3.63) is 95.0 Å². The Labute approximate surface area is 171 Å². The first kappa shape index (κ1) is 19.3. The fourth-order valence-electron chi connectivity index (χ4n) is 3.43. The first-order chi connectivity index (χ1) is 14.5. The maximum absolute atomic E-state index is 13.0. The number of aliphatic hydroxyl groups is 1. The maximum atomic E-state index is 13.0. The standard InChI is InChI=1S/C22H17NO7/c1-28-22(27)14-8-6-13(7-9-14)18-17(19(24)16-5-3-11-30-16)20(25)21(26)23(18)12-15-4-2-10-29-15/h2-11,18,25H,12H2,1H3/t18-/m1/s1. The molecule has 0 aliphatic carbocycles. The van der Waals surface area contributed by atoms with E-state index in [1.54, 1.807) is 30.3 Å². The van der Waals surface area contributed by atoms with Gasteiger partial charge in [0.05, 0.1) is 43.4 Å². The van der Waals surface area contributed by atoms with Gasteiger partial charge in [0, 0.05) is 0 Å². The summed E-state index contributed by atoms with van der Waals surface area (Å²) in [5.41, 5.74) is 0.740. The lowest BCUT2D eigenvalue weighted by Crippen LogP contribution is -2.30. The number of Topliss-reactive ketones (excluding diaryl/α,β-unsaturated/α-hetero) is 1. The molecule has 3 heterocycles. The number of esters is 1. The highest BCUT2D eigenvalue weighted by Crippen LogP contribution is 2.40. The number of amides is 1. The zero-order valence-electron chi connectivity index (χ0n) is 15.9. The Kier molecular flexibility index (Phi) is 4.97. The van der Waals surface area contributed by atoms with E-state index in [9.17, 15) is 19.5 Å². The van der Waals surface area contributed by atoms with Gasteiger partial charge in [0.2, 0.25) is 5.78 Å². The number of benzene rings is 1. The van der Waals surface area contributed by atoms with E-state index in [-0.39, 0.29) is 17.9 Å². The molecule has 0 radical (unpaired) electrons. The first-order valence-electron chi connectivity index (χ1n) is 9.04. The molecule has 4 rings (SSSR count). The number of furan rings is 2. The lowest BCUT2D eigenvalue weighted by Gasteiger charge is -2.26. The summed E-state index contributed by atoms with van der Waals surface area (Å²) in [7, 11) is 1.28. The molecule has 1 aromatic carbocycles. The van der Waals surface area contributed by atoms with Crippen LogP contribution in [0, 0.1) is 0 Å². The lowest BCUT2D eigenvalue weighted by molar-refractivity contribution is -0.130. The Balaban J connectivity index is 1.78. The van der Waals surface area contributed by atoms with Crippen LogP contribution < -0.4 is 0 Å². The molecule has 0 spiro atoms. The fourth-order valence-corrected chi connectivity index (χ4v) is 3.43. The molecule has 0 saturated heterocycles. The predicted molar refractivity (Wildman–Crippen MR) is 102 cm³/mol. The quantitative estimate of drug-likeness (QED) is 0.492. The third-order valence-corrected chi connectivity index (χ3v) is 4.85. The summed E-state index contributed by atoms with van der Waals surface area (Å²) in [6, 6.07) is 11.7. The van der Waals surface area contributed by atoms with Crippen LogP contribution in [-0.2, 0) is 16.1 Å². The predicted octanol–water partition coefficient (Wildman–Crippen LogP) is 3.44. The van der Waals surface area contributed by atoms with Crippen molar-refractivity contribution in [2.45, 2.75) is 12.6 Å². The van der Waals surface area contributed by atoms with Gasteiger partial charge in [-0.25, -0.2) is 4.79 Å². The van der Waals surface area contributed by atoms with E-state index < -0.39 is 29.5 Å². The minimum absolute atomic E-state index is 0.000351. The van der Waals surface area contributed by atoms with E-state index >= 15 is 0 Å². The van der Waals surface area contributed by atoms with Crippen molar-refractivity contribution < 1.29 is 33.1 Å². The van der Waals surface area contributed by atoms with Crippen molar-refractivity contribution in [1.82, 2.24) is 4.90 Å². The van der Waals surface area contributed by atoms with Gasteiger partial charge in [0.1, 0.15) is 5.76 Å². The van der Waals surface area contributed by atoms with Gasteiger partial charge in [-0.15, -0.1) is 0 Å². The number of nitrogens with zero attached hydrogens (tertiary/aromatic N) is 1. The normalized spacial score (nSPS) is 16.2. The van der Waals surface area contributed by atoms with Gasteiger partial charge in [-0.1, -0.05) is 12.1 Å². The van der Waals surface area contributed by atoms with Crippen LogP contribution in [0.4, 0.5) is 0 Å². The topological polar surface area (TPSA) is 110 Å². The van der Waals surface area contributed by atoms with E-state index in [4.69, 9.17) is 13.6 Å². The van der Waals surface area contributed by atoms with Crippen LogP contribution in [0.1, 0.15) is 38.3 Å². The number of hydrogen-bond donors (Lipinski definition) is 1. The molecular weight excluding hydrogens is 390 g/mol. The van der Waals surface area contributed by atoms with Crippen molar-refractivity contribution in [2.24, 2.45) is 0 Å². The Morgan fingerprint density at radius 3 is 2.37 bits per heavy atom. The molecule has 0 fully saturated rings. The molecule has 0 unspecified atom stereocenters. The van der Waals surface area contributed by atoms with E-state index in [1.807, 2.05) is 0 Å². The van der Waals surface area contributed by atoms with E-state index in [2.05, 4.69) is 0 Å². The molecule has 2 aromatic heterocycles. The second kappa shape index (κ2) is 7.75. The molecule has 8 heteroatoms. The third kappa shape index (κ3) is 3.28. The molecule has 1 N–H and O–H groups in total. The van der Waals surface area contributed by atoms with E-state index in [0.717, 1.165) is 0 Å². The summed E-state index contributed by atoms with van der Waals surface area (Å²) >= 11 is 0. The van der Waals surface area contributed by atoms with Crippen LogP contribution in [0.5, 0.6) is 0 Å². The minimum Gasteiger partial charge on any atom is -0.503 e. The van der Waals surface area contributed by atoms with E-state index in [1.165, 1.54) is 42.7 Å². The van der Waals surface area contributed by atoms with Crippen LogP contribution >= 0.6 is 0 Å². The van der Waals surface area contributed by atoms with Gasteiger partial charge < -0.3 is 23.6 Å². The van der Waals surface area contributed by atoms with E-state index in [0.29, 0.717) is 16.9 Å². The summed E-state index contributed by atoms with van der Waals surface area (Å²) < 4.78 is 15.2. The Hall–Kier alpha value is -4.07. The number of methoxy groups -OCH3 is 1. The smallest absolute Gasteiger partial charge is 0.337 e. The maximum Gasteiger partial charge on any atom is 0.337 e. The Morgan fingerprint density at radius 2 is 1.77 bits per heavy atom. The van der Waals surface area contributed by atoms with Crippen LogP contribution in [0.3, 0.4) is 0 Å². The molecule has 0 bridgehead atoms. The van der Waals surface area contributed by atoms with Crippen molar-refractivity contribution >= 4 is 17.7 Å². The molecule has 1 amide bonds. The van der Waals surface area contributed by atoms with Crippen molar-refractivity contribution in [3.63, 3.8) is 0 Å². The number of ketones is 1.